The summed E-state index contributed by atoms with van der Waals surface area (Å²) in [6.45, 7) is 1.81. The fourth-order valence-electron chi connectivity index (χ4n) is 3.69. The minimum absolute atomic E-state index is 0.0530. The lowest BCUT2D eigenvalue weighted by Gasteiger charge is -2.30. The van der Waals surface area contributed by atoms with Crippen molar-refractivity contribution in [2.45, 2.75) is 37.8 Å². The lowest BCUT2D eigenvalue weighted by atomic mass is 10.1. The maximum atomic E-state index is 12.5. The number of ketones is 1. The second kappa shape index (κ2) is 8.45. The summed E-state index contributed by atoms with van der Waals surface area (Å²) in [6, 6.07) is 5.49. The minimum atomic E-state index is -3.01. The second-order valence-electron chi connectivity index (χ2n) is 7.16. The molecule has 8 nitrogen and oxygen atoms in total. The maximum Gasteiger partial charge on any atom is 0.269 e. The number of nitrogens with zero attached hydrogens (tertiary/aromatic N) is 2. The Balaban J connectivity index is 1.62. The van der Waals surface area contributed by atoms with Crippen molar-refractivity contribution in [1.29, 1.82) is 0 Å². The molecule has 0 unspecified atom stereocenters. The van der Waals surface area contributed by atoms with Gasteiger partial charge in [0.25, 0.3) is 5.69 Å². The molecule has 0 aliphatic carbocycles. The molecule has 2 aliphatic rings. The molecule has 2 fully saturated rings. The monoisotopic (exact) mass is 396 g/mol. The van der Waals surface area contributed by atoms with Gasteiger partial charge < -0.3 is 4.74 Å². The summed E-state index contributed by atoms with van der Waals surface area (Å²) < 4.78 is 29.4. The highest BCUT2D eigenvalue weighted by Crippen LogP contribution is 2.22. The van der Waals surface area contributed by atoms with Crippen LogP contribution in [0.1, 0.15) is 36.0 Å². The van der Waals surface area contributed by atoms with E-state index in [1.807, 2.05) is 0 Å². The van der Waals surface area contributed by atoms with Crippen LogP contribution in [0.3, 0.4) is 0 Å². The van der Waals surface area contributed by atoms with Crippen LogP contribution in [-0.2, 0) is 14.6 Å². The van der Waals surface area contributed by atoms with Gasteiger partial charge in [-0.2, -0.15) is 0 Å². The zero-order valence-corrected chi connectivity index (χ0v) is 15.9. The van der Waals surface area contributed by atoms with Crippen molar-refractivity contribution in [2.24, 2.45) is 0 Å². The van der Waals surface area contributed by atoms with Crippen LogP contribution in [0.15, 0.2) is 24.3 Å². The number of nitro groups is 1. The Kier molecular flexibility index (Phi) is 6.23. The number of non-ortho nitro benzene ring substituents is 1. The van der Waals surface area contributed by atoms with Crippen molar-refractivity contribution in [3.8, 4) is 0 Å². The molecule has 0 saturated carbocycles. The molecule has 0 aromatic heterocycles. The molecule has 0 bridgehead atoms. The topological polar surface area (TPSA) is 107 Å². The first-order valence-corrected chi connectivity index (χ1v) is 11.0. The quantitative estimate of drug-likeness (QED) is 0.375. The number of ether oxygens (including phenoxy) is 1. The molecule has 27 heavy (non-hydrogen) atoms. The predicted molar refractivity (Wildman–Crippen MR) is 99.6 cm³/mol. The summed E-state index contributed by atoms with van der Waals surface area (Å²) in [5.74, 6) is 0.213. The van der Waals surface area contributed by atoms with E-state index < -0.39 is 14.8 Å². The van der Waals surface area contributed by atoms with Crippen LogP contribution in [0.2, 0.25) is 0 Å². The molecule has 1 aromatic carbocycles. The third kappa shape index (κ3) is 5.33. The van der Waals surface area contributed by atoms with Crippen molar-refractivity contribution in [1.82, 2.24) is 4.90 Å². The van der Waals surface area contributed by atoms with Crippen molar-refractivity contribution in [3.05, 3.63) is 39.9 Å². The highest BCUT2D eigenvalue weighted by Gasteiger charge is 2.34. The van der Waals surface area contributed by atoms with E-state index in [1.54, 1.807) is 0 Å². The Morgan fingerprint density at radius 2 is 2.00 bits per heavy atom. The van der Waals surface area contributed by atoms with Gasteiger partial charge in [0.15, 0.2) is 15.6 Å². The highest BCUT2D eigenvalue weighted by atomic mass is 32.2. The number of hydrogen-bond donors (Lipinski definition) is 0. The predicted octanol–water partition coefficient (Wildman–Crippen LogP) is 1.84. The molecule has 2 saturated heterocycles. The maximum absolute atomic E-state index is 12.5. The Morgan fingerprint density at radius 3 is 2.56 bits per heavy atom. The van der Waals surface area contributed by atoms with Gasteiger partial charge in [0.2, 0.25) is 0 Å². The number of rotatable bonds is 8. The molecule has 0 N–H and O–H groups in total. The van der Waals surface area contributed by atoms with E-state index in [2.05, 4.69) is 4.90 Å². The summed E-state index contributed by atoms with van der Waals surface area (Å²) in [5, 5.41) is 10.7. The van der Waals surface area contributed by atoms with Gasteiger partial charge in [-0.25, -0.2) is 8.42 Å². The van der Waals surface area contributed by atoms with E-state index in [-0.39, 0.29) is 41.5 Å². The van der Waals surface area contributed by atoms with Crippen molar-refractivity contribution >= 4 is 21.3 Å². The summed E-state index contributed by atoms with van der Waals surface area (Å²) in [6.07, 6.45) is 2.86. The fourth-order valence-corrected chi connectivity index (χ4v) is 5.46. The summed E-state index contributed by atoms with van der Waals surface area (Å²) in [7, 11) is -3.01. The van der Waals surface area contributed by atoms with Crippen molar-refractivity contribution in [2.75, 3.05) is 31.2 Å². The number of Topliss-reactive ketones (excluding diaryl/α,β-unsaturated/α-hetero) is 1. The fraction of sp³-hybridized carbons (Fsp3) is 0.611. The van der Waals surface area contributed by atoms with Crippen LogP contribution < -0.4 is 0 Å². The molecule has 0 amide bonds. The average Bonchev–Trinajstić information content (AvgIpc) is 3.27. The summed E-state index contributed by atoms with van der Waals surface area (Å²) >= 11 is 0. The number of hydrogen-bond acceptors (Lipinski definition) is 7. The van der Waals surface area contributed by atoms with Crippen molar-refractivity contribution < 1.29 is 22.9 Å². The van der Waals surface area contributed by atoms with Crippen LogP contribution in [-0.4, -0.2) is 67.4 Å². The van der Waals surface area contributed by atoms with Crippen LogP contribution in [0.4, 0.5) is 5.69 Å². The van der Waals surface area contributed by atoms with E-state index in [4.69, 9.17) is 4.74 Å². The van der Waals surface area contributed by atoms with Gasteiger partial charge in [-0.15, -0.1) is 0 Å². The third-order valence-electron chi connectivity index (χ3n) is 5.21. The van der Waals surface area contributed by atoms with Crippen LogP contribution in [0.5, 0.6) is 0 Å². The molecule has 0 radical (unpaired) electrons. The minimum Gasteiger partial charge on any atom is -0.377 e. The smallest absolute Gasteiger partial charge is 0.269 e. The van der Waals surface area contributed by atoms with Gasteiger partial charge in [-0.3, -0.25) is 19.8 Å². The molecule has 9 heteroatoms. The summed E-state index contributed by atoms with van der Waals surface area (Å²) in [5.41, 5.74) is 0.374. The molecule has 2 heterocycles. The van der Waals surface area contributed by atoms with Gasteiger partial charge >= 0.3 is 0 Å². The van der Waals surface area contributed by atoms with Gasteiger partial charge in [0.05, 0.1) is 22.5 Å². The Bertz CT molecular complexity index is 787. The number of carbonyl (C=O) groups excluding carboxylic acids is 1. The van der Waals surface area contributed by atoms with Gasteiger partial charge in [-0.1, -0.05) is 0 Å². The zero-order valence-electron chi connectivity index (χ0n) is 15.1. The molecule has 2 aliphatic heterocycles. The molecule has 0 spiro atoms. The van der Waals surface area contributed by atoms with E-state index >= 15 is 0 Å². The first-order chi connectivity index (χ1) is 12.8. The van der Waals surface area contributed by atoms with Crippen molar-refractivity contribution in [3.63, 3.8) is 0 Å². The third-order valence-corrected chi connectivity index (χ3v) is 6.96. The van der Waals surface area contributed by atoms with E-state index in [9.17, 15) is 23.3 Å². The Labute approximate surface area is 158 Å². The van der Waals surface area contributed by atoms with E-state index in [0.29, 0.717) is 25.1 Å². The SMILES string of the molecule is O=C(CCN(C[C@@H]1CCCO1)[C@@H]1CCS(=O)(=O)C1)c1ccc([N+](=O)[O-])cc1. The summed E-state index contributed by atoms with van der Waals surface area (Å²) in [4.78, 5) is 24.7. The standard InChI is InChI=1S/C18H24N2O6S/c21-18(14-3-5-15(6-4-14)20(22)23)7-9-19(12-17-2-1-10-26-17)16-8-11-27(24,25)13-16/h3-6,16-17H,1-2,7-13H2/t16-,17+/m1/s1. The lowest BCUT2D eigenvalue weighted by molar-refractivity contribution is -0.384. The van der Waals surface area contributed by atoms with Gasteiger partial charge in [0.1, 0.15) is 0 Å². The molecule has 3 rings (SSSR count). The zero-order chi connectivity index (χ0) is 19.4. The Hall–Kier alpha value is -1.84. The average molecular weight is 396 g/mol. The normalized spacial score (nSPS) is 24.3. The first-order valence-electron chi connectivity index (χ1n) is 9.18. The van der Waals surface area contributed by atoms with Gasteiger partial charge in [-0.05, 0) is 31.4 Å². The highest BCUT2D eigenvalue weighted by molar-refractivity contribution is 7.91. The van der Waals surface area contributed by atoms with E-state index in [0.717, 1.165) is 19.4 Å². The molecule has 1 aromatic rings. The molecular weight excluding hydrogens is 372 g/mol. The number of benzene rings is 1. The van der Waals surface area contributed by atoms with E-state index in [1.165, 1.54) is 24.3 Å². The first kappa shape index (κ1) is 19.9. The van der Waals surface area contributed by atoms with Crippen LogP contribution in [0.25, 0.3) is 0 Å². The number of nitro benzene ring substituents is 1. The molecule has 148 valence electrons. The second-order valence-corrected chi connectivity index (χ2v) is 9.39. The van der Waals surface area contributed by atoms with Gasteiger partial charge in [0, 0.05) is 49.9 Å². The number of sulfone groups is 1. The molecule has 2 atom stereocenters. The number of carbonyl (C=O) groups is 1. The largest absolute Gasteiger partial charge is 0.377 e. The van der Waals surface area contributed by atoms with Crippen LogP contribution >= 0.6 is 0 Å². The lowest BCUT2D eigenvalue weighted by Crippen LogP contribution is -2.42. The van der Waals surface area contributed by atoms with Crippen LogP contribution in [0, 0.1) is 10.1 Å². The Morgan fingerprint density at radius 1 is 1.26 bits per heavy atom. The molecular formula is C18H24N2O6S.